The molecule has 0 spiro atoms. The van der Waals surface area contributed by atoms with Gasteiger partial charge in [-0.2, -0.15) is 0 Å². The molecule has 1 fully saturated rings. The van der Waals surface area contributed by atoms with E-state index in [-0.39, 0.29) is 17.7 Å². The van der Waals surface area contributed by atoms with E-state index >= 15 is 0 Å². The van der Waals surface area contributed by atoms with E-state index in [9.17, 15) is 9.59 Å². The van der Waals surface area contributed by atoms with Crippen LogP contribution < -0.4 is 5.32 Å². The number of aromatic nitrogens is 2. The average Bonchev–Trinajstić information content (AvgIpc) is 3.39. The number of likely N-dealkylation sites (tertiary alicyclic amines) is 1. The summed E-state index contributed by atoms with van der Waals surface area (Å²) in [6.45, 7) is 4.79. The van der Waals surface area contributed by atoms with Crippen LogP contribution in [0.25, 0.3) is 10.8 Å². The Morgan fingerprint density at radius 2 is 2.14 bits per heavy atom. The molecule has 0 radical (unpaired) electrons. The zero-order chi connectivity index (χ0) is 20.4. The summed E-state index contributed by atoms with van der Waals surface area (Å²) in [5, 5.41) is 3.59. The molecule has 4 heterocycles. The third-order valence-electron chi connectivity index (χ3n) is 5.06. The molecule has 8 heteroatoms. The van der Waals surface area contributed by atoms with E-state index in [1.807, 2.05) is 32.0 Å². The highest BCUT2D eigenvalue weighted by molar-refractivity contribution is 7.15. The molecule has 1 unspecified atom stereocenters. The molecule has 2 amide bonds. The van der Waals surface area contributed by atoms with E-state index in [1.54, 1.807) is 23.4 Å². The lowest BCUT2D eigenvalue weighted by Gasteiger charge is -2.31. The Hall–Kier alpha value is -3.00. The summed E-state index contributed by atoms with van der Waals surface area (Å²) >= 11 is 1.43. The second-order valence-corrected chi connectivity index (χ2v) is 8.35. The van der Waals surface area contributed by atoms with Crippen molar-refractivity contribution in [1.29, 1.82) is 0 Å². The monoisotopic (exact) mass is 410 g/mol. The van der Waals surface area contributed by atoms with Crippen molar-refractivity contribution in [3.8, 4) is 10.8 Å². The van der Waals surface area contributed by atoms with Gasteiger partial charge in [-0.25, -0.2) is 9.97 Å². The first kappa shape index (κ1) is 19.3. The molecule has 150 valence electrons. The highest BCUT2D eigenvalue weighted by Crippen LogP contribution is 2.29. The van der Waals surface area contributed by atoms with Crippen LogP contribution in [0, 0.1) is 19.8 Å². The predicted molar refractivity (Wildman–Crippen MR) is 111 cm³/mol. The number of nitrogens with zero attached hydrogens (tertiary/aromatic N) is 3. The Balaban J connectivity index is 1.46. The van der Waals surface area contributed by atoms with Crippen LogP contribution >= 0.6 is 11.3 Å². The van der Waals surface area contributed by atoms with Gasteiger partial charge in [0.25, 0.3) is 5.91 Å². The van der Waals surface area contributed by atoms with Gasteiger partial charge < -0.3 is 14.6 Å². The normalized spacial score (nSPS) is 16.6. The standard InChI is InChI=1S/C21H22N4O3S/c1-13-6-3-9-22-18(13)24-19(26)15-7-4-10-25(12-15)21(27)17-14(2)29-20(23-17)16-8-5-11-28-16/h3,5-6,8-9,11,15H,4,7,10,12H2,1-2H3,(H,22,24,26). The van der Waals surface area contributed by atoms with Crippen molar-refractivity contribution >= 4 is 29.0 Å². The number of furan rings is 1. The fraction of sp³-hybridized carbons (Fsp3) is 0.333. The second kappa shape index (κ2) is 8.16. The number of amides is 2. The van der Waals surface area contributed by atoms with Crippen LogP contribution in [-0.2, 0) is 4.79 Å². The maximum atomic E-state index is 13.1. The first-order chi connectivity index (χ1) is 14.0. The first-order valence-electron chi connectivity index (χ1n) is 9.56. The summed E-state index contributed by atoms with van der Waals surface area (Å²) in [5.74, 6) is 0.717. The predicted octanol–water partition coefficient (Wildman–Crippen LogP) is 3.91. The Morgan fingerprint density at radius 1 is 1.28 bits per heavy atom. The summed E-state index contributed by atoms with van der Waals surface area (Å²) in [6, 6.07) is 7.36. The molecular formula is C21H22N4O3S. The van der Waals surface area contributed by atoms with Gasteiger partial charge in [-0.05, 0) is 50.5 Å². The van der Waals surface area contributed by atoms with Crippen molar-refractivity contribution in [3.05, 3.63) is 52.9 Å². The fourth-order valence-corrected chi connectivity index (χ4v) is 4.33. The minimum absolute atomic E-state index is 0.101. The van der Waals surface area contributed by atoms with E-state index in [0.717, 1.165) is 23.3 Å². The maximum Gasteiger partial charge on any atom is 0.273 e. The van der Waals surface area contributed by atoms with Crippen molar-refractivity contribution in [2.75, 3.05) is 18.4 Å². The first-order valence-corrected chi connectivity index (χ1v) is 10.4. The van der Waals surface area contributed by atoms with Gasteiger partial charge in [-0.3, -0.25) is 9.59 Å². The number of pyridine rings is 1. The zero-order valence-corrected chi connectivity index (χ0v) is 17.2. The van der Waals surface area contributed by atoms with Crippen LogP contribution in [0.3, 0.4) is 0 Å². The SMILES string of the molecule is Cc1cccnc1NC(=O)C1CCCN(C(=O)c2nc(-c3ccco3)sc2C)C1. The van der Waals surface area contributed by atoms with E-state index in [2.05, 4.69) is 15.3 Å². The average molecular weight is 410 g/mol. The van der Waals surface area contributed by atoms with Gasteiger partial charge in [-0.15, -0.1) is 11.3 Å². The van der Waals surface area contributed by atoms with Gasteiger partial charge in [0.15, 0.2) is 10.8 Å². The molecule has 7 nitrogen and oxygen atoms in total. The molecule has 0 bridgehead atoms. The number of carbonyl (C=O) groups excluding carboxylic acids is 2. The number of carbonyl (C=O) groups is 2. The van der Waals surface area contributed by atoms with E-state index in [4.69, 9.17) is 4.42 Å². The molecule has 1 aliphatic heterocycles. The molecule has 29 heavy (non-hydrogen) atoms. The topological polar surface area (TPSA) is 88.3 Å². The van der Waals surface area contributed by atoms with Crippen molar-refractivity contribution in [1.82, 2.24) is 14.9 Å². The number of aryl methyl sites for hydroxylation is 2. The maximum absolute atomic E-state index is 13.1. The summed E-state index contributed by atoms with van der Waals surface area (Å²) in [4.78, 5) is 37.1. The zero-order valence-electron chi connectivity index (χ0n) is 16.3. The van der Waals surface area contributed by atoms with Crippen molar-refractivity contribution in [3.63, 3.8) is 0 Å². The van der Waals surface area contributed by atoms with Crippen LogP contribution in [0.15, 0.2) is 41.1 Å². The number of hydrogen-bond donors (Lipinski definition) is 1. The number of nitrogens with one attached hydrogen (secondary N) is 1. The lowest BCUT2D eigenvalue weighted by atomic mass is 9.96. The van der Waals surface area contributed by atoms with E-state index < -0.39 is 0 Å². The number of thiazole rings is 1. The molecule has 1 N–H and O–H groups in total. The third kappa shape index (κ3) is 4.07. The minimum Gasteiger partial charge on any atom is -0.462 e. The van der Waals surface area contributed by atoms with Crippen molar-refractivity contribution in [2.24, 2.45) is 5.92 Å². The largest absolute Gasteiger partial charge is 0.462 e. The Bertz CT molecular complexity index is 1030. The smallest absolute Gasteiger partial charge is 0.273 e. The summed E-state index contributed by atoms with van der Waals surface area (Å²) in [6.07, 6.45) is 4.76. The van der Waals surface area contributed by atoms with Crippen LogP contribution in [0.1, 0.15) is 33.8 Å². The van der Waals surface area contributed by atoms with Crippen LogP contribution in [0.5, 0.6) is 0 Å². The molecule has 1 aliphatic rings. The van der Waals surface area contributed by atoms with Crippen LogP contribution in [-0.4, -0.2) is 39.8 Å². The van der Waals surface area contributed by atoms with Gasteiger partial charge in [0.1, 0.15) is 11.5 Å². The van der Waals surface area contributed by atoms with Gasteiger partial charge in [-0.1, -0.05) is 6.07 Å². The molecular weight excluding hydrogens is 388 g/mol. The molecule has 1 saturated heterocycles. The third-order valence-corrected chi connectivity index (χ3v) is 6.05. The van der Waals surface area contributed by atoms with E-state index in [1.165, 1.54) is 11.3 Å². The highest BCUT2D eigenvalue weighted by Gasteiger charge is 2.31. The summed E-state index contributed by atoms with van der Waals surface area (Å²) in [7, 11) is 0. The Kier molecular flexibility index (Phi) is 5.44. The summed E-state index contributed by atoms with van der Waals surface area (Å²) < 4.78 is 5.39. The van der Waals surface area contributed by atoms with Crippen LogP contribution in [0.4, 0.5) is 5.82 Å². The molecule has 0 aromatic carbocycles. The van der Waals surface area contributed by atoms with Crippen molar-refractivity contribution in [2.45, 2.75) is 26.7 Å². The number of hydrogen-bond acceptors (Lipinski definition) is 6. The minimum atomic E-state index is -0.266. The van der Waals surface area contributed by atoms with E-state index in [0.29, 0.717) is 35.4 Å². The molecule has 1 atom stereocenters. The fourth-order valence-electron chi connectivity index (χ4n) is 3.46. The molecule has 0 saturated carbocycles. The lowest BCUT2D eigenvalue weighted by Crippen LogP contribution is -2.44. The second-order valence-electron chi connectivity index (χ2n) is 7.15. The molecule has 0 aliphatic carbocycles. The number of anilines is 1. The molecule has 3 aromatic rings. The highest BCUT2D eigenvalue weighted by atomic mass is 32.1. The van der Waals surface area contributed by atoms with Crippen molar-refractivity contribution < 1.29 is 14.0 Å². The van der Waals surface area contributed by atoms with Gasteiger partial charge in [0.05, 0.1) is 12.2 Å². The van der Waals surface area contributed by atoms with Gasteiger partial charge >= 0.3 is 0 Å². The molecule has 3 aromatic heterocycles. The Morgan fingerprint density at radius 3 is 2.90 bits per heavy atom. The number of rotatable bonds is 4. The van der Waals surface area contributed by atoms with Gasteiger partial charge in [0, 0.05) is 24.2 Å². The molecule has 4 rings (SSSR count). The summed E-state index contributed by atoms with van der Waals surface area (Å²) in [5.41, 5.74) is 1.34. The van der Waals surface area contributed by atoms with Crippen LogP contribution in [0.2, 0.25) is 0 Å². The Labute approximate surface area is 172 Å². The number of piperidine rings is 1. The van der Waals surface area contributed by atoms with Gasteiger partial charge in [0.2, 0.25) is 5.91 Å². The lowest BCUT2D eigenvalue weighted by molar-refractivity contribution is -0.121. The quantitative estimate of drug-likeness (QED) is 0.705.